The predicted molar refractivity (Wildman–Crippen MR) is 36.3 cm³/mol. The van der Waals surface area contributed by atoms with Crippen molar-refractivity contribution in [3.63, 3.8) is 0 Å². The summed E-state index contributed by atoms with van der Waals surface area (Å²) in [7, 11) is -2.47. The molecule has 1 aromatic rings. The third-order valence-electron chi connectivity index (χ3n) is 0.701. The van der Waals surface area contributed by atoms with Gasteiger partial charge in [-0.1, -0.05) is 0 Å². The van der Waals surface area contributed by atoms with Crippen LogP contribution in [0.3, 0.4) is 0 Å². The molecular formula is C5H5BrN2O. The molecule has 0 aliphatic carbocycles. The summed E-state index contributed by atoms with van der Waals surface area (Å²) in [6.45, 7) is 0. The molecule has 48 valence electrons. The molecule has 1 heterocycles. The van der Waals surface area contributed by atoms with Crippen LogP contribution >= 0.6 is 15.9 Å². The average Bonchev–Trinajstić information content (AvgIpc) is 1.91. The summed E-state index contributed by atoms with van der Waals surface area (Å²) in [4.78, 5) is 7.41. The Bertz CT molecular complexity index is 260. The van der Waals surface area contributed by atoms with Crippen LogP contribution in [0, 0.1) is 0 Å². The van der Waals surface area contributed by atoms with Gasteiger partial charge in [-0.15, -0.1) is 0 Å². The maximum Gasteiger partial charge on any atom is 0.232 e. The topological polar surface area (TPSA) is 35.0 Å². The van der Waals surface area contributed by atoms with Gasteiger partial charge in [-0.25, -0.2) is 9.97 Å². The van der Waals surface area contributed by atoms with E-state index in [1.54, 1.807) is 0 Å². The first-order chi connectivity index (χ1) is 5.47. The molecule has 0 bridgehead atoms. The smallest absolute Gasteiger partial charge is 0.232 e. The molecular weight excluding hydrogens is 184 g/mol. The third kappa shape index (κ3) is 1.64. The second-order valence-electron chi connectivity index (χ2n) is 1.28. The lowest BCUT2D eigenvalue weighted by atomic mass is 10.7. The fourth-order valence-electron chi connectivity index (χ4n) is 0.353. The van der Waals surface area contributed by atoms with Gasteiger partial charge in [-0.2, -0.15) is 0 Å². The second-order valence-corrected chi connectivity index (χ2v) is 2.09. The van der Waals surface area contributed by atoms with Crippen molar-refractivity contribution >= 4 is 15.9 Å². The van der Waals surface area contributed by atoms with E-state index < -0.39 is 7.04 Å². The van der Waals surface area contributed by atoms with Gasteiger partial charge in [0, 0.05) is 0 Å². The van der Waals surface area contributed by atoms with Crippen molar-refractivity contribution in [3.8, 4) is 5.88 Å². The number of rotatable bonds is 1. The molecule has 1 rings (SSSR count). The average molecular weight is 192 g/mol. The summed E-state index contributed by atoms with van der Waals surface area (Å²) >= 11 is 3.06. The summed E-state index contributed by atoms with van der Waals surface area (Å²) in [5.41, 5.74) is 0. The molecule has 0 aromatic carbocycles. The fraction of sp³-hybridized carbons (Fsp3) is 0.200. The Balaban J connectivity index is 2.71. The van der Waals surface area contributed by atoms with E-state index in [0.717, 1.165) is 0 Å². The van der Waals surface area contributed by atoms with Crippen molar-refractivity contribution < 1.29 is 8.85 Å². The lowest BCUT2D eigenvalue weighted by molar-refractivity contribution is 0.395. The van der Waals surface area contributed by atoms with E-state index in [4.69, 9.17) is 4.11 Å². The minimum Gasteiger partial charge on any atom is -0.480 e. The number of halogens is 1. The van der Waals surface area contributed by atoms with Crippen LogP contribution in [0.2, 0.25) is 0 Å². The van der Waals surface area contributed by atoms with Crippen LogP contribution in [0.25, 0.3) is 0 Å². The lowest BCUT2D eigenvalue weighted by Gasteiger charge is -1.94. The molecule has 0 saturated carbocycles. The van der Waals surface area contributed by atoms with E-state index in [2.05, 4.69) is 30.6 Å². The molecule has 0 fully saturated rings. The minimum atomic E-state index is -2.47. The molecule has 0 amide bonds. The van der Waals surface area contributed by atoms with Gasteiger partial charge in [0.05, 0.1) is 23.5 Å². The predicted octanol–water partition coefficient (Wildman–Crippen LogP) is 1.25. The Morgan fingerprint density at radius 3 is 3.11 bits per heavy atom. The SMILES string of the molecule is [2H]C([2H])([2H])Oc1cnc(Br)cn1. The van der Waals surface area contributed by atoms with Gasteiger partial charge in [0.1, 0.15) is 4.60 Å². The zero-order valence-electron chi connectivity index (χ0n) is 7.34. The van der Waals surface area contributed by atoms with Crippen LogP contribution in [0.4, 0.5) is 0 Å². The largest absolute Gasteiger partial charge is 0.480 e. The van der Waals surface area contributed by atoms with Crippen LogP contribution in [0.5, 0.6) is 5.88 Å². The third-order valence-corrected chi connectivity index (χ3v) is 1.11. The lowest BCUT2D eigenvalue weighted by Crippen LogP contribution is -1.87. The number of ether oxygens (including phenoxy) is 1. The molecule has 9 heavy (non-hydrogen) atoms. The summed E-state index contributed by atoms with van der Waals surface area (Å²) in [6, 6.07) is 0. The van der Waals surface area contributed by atoms with Gasteiger partial charge in [-0.3, -0.25) is 0 Å². The zero-order valence-corrected chi connectivity index (χ0v) is 5.92. The number of nitrogens with zero attached hydrogens (tertiary/aromatic N) is 2. The first kappa shape index (κ1) is 3.51. The summed E-state index contributed by atoms with van der Waals surface area (Å²) < 4.78 is 25.3. The van der Waals surface area contributed by atoms with Gasteiger partial charge in [-0.05, 0) is 15.9 Å². The molecule has 0 aliphatic heterocycles. The molecule has 0 unspecified atom stereocenters. The van der Waals surface area contributed by atoms with Crippen LogP contribution < -0.4 is 4.74 Å². The monoisotopic (exact) mass is 191 g/mol. The fourth-order valence-corrected chi connectivity index (χ4v) is 0.558. The molecule has 0 spiro atoms. The normalized spacial score (nSPS) is 15.4. The maximum atomic E-state index is 6.75. The summed E-state index contributed by atoms with van der Waals surface area (Å²) in [5.74, 6) is -0.0156. The molecule has 0 radical (unpaired) electrons. The highest BCUT2D eigenvalue weighted by atomic mass is 79.9. The molecule has 3 nitrogen and oxygen atoms in total. The van der Waals surface area contributed by atoms with Crippen molar-refractivity contribution in [1.82, 2.24) is 9.97 Å². The Morgan fingerprint density at radius 1 is 1.67 bits per heavy atom. The standard InChI is InChI=1S/C5H5BrN2O/c1-9-5-3-7-4(6)2-8-5/h2-3H,1H3/i1D3. The first-order valence-corrected chi connectivity index (χ1v) is 2.93. The maximum absolute atomic E-state index is 6.75. The van der Waals surface area contributed by atoms with Gasteiger partial charge in [0.2, 0.25) is 5.88 Å². The van der Waals surface area contributed by atoms with Gasteiger partial charge in [0.15, 0.2) is 0 Å². The first-order valence-electron chi connectivity index (χ1n) is 3.64. The van der Waals surface area contributed by atoms with Crippen LogP contribution in [0.15, 0.2) is 17.0 Å². The highest BCUT2D eigenvalue weighted by molar-refractivity contribution is 9.10. The molecule has 0 N–H and O–H groups in total. The second kappa shape index (κ2) is 2.77. The molecule has 4 heteroatoms. The van der Waals surface area contributed by atoms with E-state index in [1.165, 1.54) is 12.4 Å². The number of hydrogen-bond acceptors (Lipinski definition) is 3. The van der Waals surface area contributed by atoms with E-state index in [-0.39, 0.29) is 5.88 Å². The van der Waals surface area contributed by atoms with Gasteiger partial charge >= 0.3 is 0 Å². The Kier molecular flexibility index (Phi) is 1.08. The van der Waals surface area contributed by atoms with Gasteiger partial charge in [0.25, 0.3) is 0 Å². The van der Waals surface area contributed by atoms with E-state index in [1.807, 2.05) is 0 Å². The van der Waals surface area contributed by atoms with Crippen molar-refractivity contribution in [2.45, 2.75) is 0 Å². The number of aromatic nitrogens is 2. The Labute approximate surface area is 65.4 Å². The van der Waals surface area contributed by atoms with Crippen LogP contribution in [-0.2, 0) is 0 Å². The molecule has 0 atom stereocenters. The van der Waals surface area contributed by atoms with Crippen molar-refractivity contribution in [2.24, 2.45) is 0 Å². The van der Waals surface area contributed by atoms with E-state index in [9.17, 15) is 0 Å². The van der Waals surface area contributed by atoms with E-state index >= 15 is 0 Å². The molecule has 0 aliphatic rings. The highest BCUT2D eigenvalue weighted by Crippen LogP contribution is 2.06. The zero-order chi connectivity index (χ0) is 9.19. The number of hydrogen-bond donors (Lipinski definition) is 0. The Morgan fingerprint density at radius 2 is 2.56 bits per heavy atom. The van der Waals surface area contributed by atoms with Crippen molar-refractivity contribution in [1.29, 1.82) is 0 Å². The Hall–Kier alpha value is -0.640. The van der Waals surface area contributed by atoms with Crippen molar-refractivity contribution in [2.75, 3.05) is 7.04 Å². The quantitative estimate of drug-likeness (QED) is 0.671. The summed E-state index contributed by atoms with van der Waals surface area (Å²) in [5, 5.41) is 0. The van der Waals surface area contributed by atoms with Crippen molar-refractivity contribution in [3.05, 3.63) is 17.0 Å². The van der Waals surface area contributed by atoms with Gasteiger partial charge < -0.3 is 4.74 Å². The highest BCUT2D eigenvalue weighted by Gasteiger charge is 1.89. The molecule has 1 aromatic heterocycles. The molecule has 0 saturated heterocycles. The minimum absolute atomic E-state index is 0.0156. The van der Waals surface area contributed by atoms with E-state index in [0.29, 0.717) is 4.60 Å². The van der Waals surface area contributed by atoms with Crippen LogP contribution in [0.1, 0.15) is 4.11 Å². The van der Waals surface area contributed by atoms with Crippen LogP contribution in [-0.4, -0.2) is 17.0 Å². The number of methoxy groups -OCH3 is 1. The summed E-state index contributed by atoms with van der Waals surface area (Å²) in [6.07, 6.45) is 2.59.